The summed E-state index contributed by atoms with van der Waals surface area (Å²) < 4.78 is 0. The Morgan fingerprint density at radius 3 is 2.85 bits per heavy atom. The van der Waals surface area contributed by atoms with Crippen molar-refractivity contribution in [3.05, 3.63) is 21.9 Å². The van der Waals surface area contributed by atoms with Gasteiger partial charge in [-0.25, -0.2) is 0 Å². The van der Waals surface area contributed by atoms with Gasteiger partial charge in [0.2, 0.25) is 0 Å². The lowest BCUT2D eigenvalue weighted by atomic mass is 10.3. The summed E-state index contributed by atoms with van der Waals surface area (Å²) in [6.07, 6.45) is 0. The highest BCUT2D eigenvalue weighted by molar-refractivity contribution is 7.10. The first kappa shape index (κ1) is 9.19. The summed E-state index contributed by atoms with van der Waals surface area (Å²) >= 11 is 1.88. The predicted molar refractivity (Wildman–Crippen MR) is 57.2 cm³/mol. The van der Waals surface area contributed by atoms with Crippen molar-refractivity contribution in [1.82, 2.24) is 10.2 Å². The smallest absolute Gasteiger partial charge is 0.0329 e. The molecule has 0 aromatic carbocycles. The molecule has 1 aliphatic rings. The largest absolute Gasteiger partial charge is 0.314 e. The molecule has 0 aliphatic carbocycles. The molecule has 72 valence electrons. The molecule has 2 rings (SSSR count). The van der Waals surface area contributed by atoms with Crippen molar-refractivity contribution in [1.29, 1.82) is 0 Å². The third-order valence-corrected chi connectivity index (χ3v) is 3.41. The molecule has 0 saturated carbocycles. The molecule has 1 aromatic heterocycles. The van der Waals surface area contributed by atoms with E-state index < -0.39 is 0 Å². The second-order valence-corrected chi connectivity index (χ2v) is 4.61. The van der Waals surface area contributed by atoms with Gasteiger partial charge in [-0.05, 0) is 23.9 Å². The van der Waals surface area contributed by atoms with E-state index in [0.29, 0.717) is 0 Å². The highest BCUT2D eigenvalue weighted by atomic mass is 32.1. The maximum Gasteiger partial charge on any atom is 0.0329 e. The molecule has 13 heavy (non-hydrogen) atoms. The molecule has 1 aliphatic heterocycles. The predicted octanol–water partition coefficient (Wildman–Crippen LogP) is 1.46. The Balaban J connectivity index is 1.89. The van der Waals surface area contributed by atoms with E-state index in [1.807, 2.05) is 11.3 Å². The van der Waals surface area contributed by atoms with Gasteiger partial charge < -0.3 is 5.32 Å². The van der Waals surface area contributed by atoms with Crippen LogP contribution >= 0.6 is 11.3 Å². The summed E-state index contributed by atoms with van der Waals surface area (Å²) in [6, 6.07) is 2.30. The normalized spacial score (nSPS) is 19.2. The molecule has 0 spiro atoms. The van der Waals surface area contributed by atoms with Crippen molar-refractivity contribution >= 4 is 11.3 Å². The number of hydrogen-bond donors (Lipinski definition) is 1. The molecule has 0 atom stereocenters. The Kier molecular flexibility index (Phi) is 2.98. The van der Waals surface area contributed by atoms with E-state index in [-0.39, 0.29) is 0 Å². The van der Waals surface area contributed by atoms with Crippen molar-refractivity contribution in [3.8, 4) is 0 Å². The second kappa shape index (κ2) is 4.22. The van der Waals surface area contributed by atoms with Crippen molar-refractivity contribution < 1.29 is 0 Å². The molecule has 1 fully saturated rings. The van der Waals surface area contributed by atoms with E-state index >= 15 is 0 Å². The van der Waals surface area contributed by atoms with Crippen LogP contribution in [0.1, 0.15) is 10.4 Å². The van der Waals surface area contributed by atoms with Gasteiger partial charge in [0.15, 0.2) is 0 Å². The minimum Gasteiger partial charge on any atom is -0.314 e. The zero-order chi connectivity index (χ0) is 9.10. The number of nitrogens with one attached hydrogen (secondary N) is 1. The third kappa shape index (κ3) is 2.53. The third-order valence-electron chi connectivity index (χ3n) is 2.37. The van der Waals surface area contributed by atoms with Crippen molar-refractivity contribution in [2.45, 2.75) is 13.5 Å². The van der Waals surface area contributed by atoms with Crippen LogP contribution in [0.2, 0.25) is 0 Å². The van der Waals surface area contributed by atoms with Gasteiger partial charge in [0.1, 0.15) is 0 Å². The summed E-state index contributed by atoms with van der Waals surface area (Å²) in [5.74, 6) is 0. The van der Waals surface area contributed by atoms with Crippen LogP contribution in [0.4, 0.5) is 0 Å². The standard InChI is InChI=1S/C10H16N2S/c1-9-6-10(13-8-9)7-12-4-2-11-3-5-12/h6,8,11H,2-5,7H2,1H3. The van der Waals surface area contributed by atoms with Crippen LogP contribution in [0.3, 0.4) is 0 Å². The maximum atomic E-state index is 3.37. The molecule has 2 nitrogen and oxygen atoms in total. The van der Waals surface area contributed by atoms with Crippen LogP contribution in [0.15, 0.2) is 11.4 Å². The van der Waals surface area contributed by atoms with E-state index in [2.05, 4.69) is 28.6 Å². The minimum absolute atomic E-state index is 1.14. The molecule has 1 saturated heterocycles. The minimum atomic E-state index is 1.14. The molecular formula is C10H16N2S. The molecule has 0 unspecified atom stereocenters. The second-order valence-electron chi connectivity index (χ2n) is 3.62. The van der Waals surface area contributed by atoms with E-state index in [0.717, 1.165) is 19.6 Å². The summed E-state index contributed by atoms with van der Waals surface area (Å²) in [4.78, 5) is 4.02. The Morgan fingerprint density at radius 1 is 1.46 bits per heavy atom. The average molecular weight is 196 g/mol. The number of aryl methyl sites for hydroxylation is 1. The Bertz CT molecular complexity index is 264. The first-order valence-corrected chi connectivity index (χ1v) is 5.69. The number of nitrogens with zero attached hydrogens (tertiary/aromatic N) is 1. The monoisotopic (exact) mass is 196 g/mol. The topological polar surface area (TPSA) is 15.3 Å². The van der Waals surface area contributed by atoms with Crippen LogP contribution in [0.5, 0.6) is 0 Å². The summed E-state index contributed by atoms with van der Waals surface area (Å²) in [6.45, 7) is 7.97. The molecule has 1 N–H and O–H groups in total. The van der Waals surface area contributed by atoms with Crippen LogP contribution < -0.4 is 5.32 Å². The zero-order valence-corrected chi connectivity index (χ0v) is 8.86. The molecule has 0 bridgehead atoms. The molecular weight excluding hydrogens is 180 g/mol. The van der Waals surface area contributed by atoms with Crippen molar-refractivity contribution in [2.24, 2.45) is 0 Å². The van der Waals surface area contributed by atoms with Crippen LogP contribution in [0, 0.1) is 6.92 Å². The Labute approximate surface area is 83.6 Å². The number of rotatable bonds is 2. The molecule has 0 radical (unpaired) electrons. The van der Waals surface area contributed by atoms with Crippen molar-refractivity contribution in [2.75, 3.05) is 26.2 Å². The number of hydrogen-bond acceptors (Lipinski definition) is 3. The molecule has 1 aromatic rings. The van der Waals surface area contributed by atoms with Gasteiger partial charge in [0, 0.05) is 37.6 Å². The fourth-order valence-corrected chi connectivity index (χ4v) is 2.58. The molecule has 3 heteroatoms. The van der Waals surface area contributed by atoms with Gasteiger partial charge >= 0.3 is 0 Å². The first-order chi connectivity index (χ1) is 6.34. The summed E-state index contributed by atoms with van der Waals surface area (Å²) in [5.41, 5.74) is 1.40. The molecule has 0 amide bonds. The quantitative estimate of drug-likeness (QED) is 0.770. The van der Waals surface area contributed by atoms with Gasteiger partial charge in [-0.15, -0.1) is 11.3 Å². The van der Waals surface area contributed by atoms with Gasteiger partial charge in [0.05, 0.1) is 0 Å². The highest BCUT2D eigenvalue weighted by Crippen LogP contribution is 2.15. The maximum absolute atomic E-state index is 3.37. The average Bonchev–Trinajstić information content (AvgIpc) is 2.53. The van der Waals surface area contributed by atoms with E-state index in [4.69, 9.17) is 0 Å². The van der Waals surface area contributed by atoms with Crippen LogP contribution in [-0.2, 0) is 6.54 Å². The van der Waals surface area contributed by atoms with Gasteiger partial charge in [0.25, 0.3) is 0 Å². The van der Waals surface area contributed by atoms with Gasteiger partial charge in [-0.2, -0.15) is 0 Å². The van der Waals surface area contributed by atoms with E-state index in [9.17, 15) is 0 Å². The zero-order valence-electron chi connectivity index (χ0n) is 8.05. The Hall–Kier alpha value is -0.380. The lowest BCUT2D eigenvalue weighted by Crippen LogP contribution is -2.42. The summed E-state index contributed by atoms with van der Waals surface area (Å²) in [5, 5.41) is 5.60. The number of thiophene rings is 1. The lowest BCUT2D eigenvalue weighted by Gasteiger charge is -2.26. The van der Waals surface area contributed by atoms with E-state index in [1.54, 1.807) is 0 Å². The fourth-order valence-electron chi connectivity index (χ4n) is 1.66. The Morgan fingerprint density at radius 2 is 2.23 bits per heavy atom. The molecule has 2 heterocycles. The fraction of sp³-hybridized carbons (Fsp3) is 0.600. The first-order valence-electron chi connectivity index (χ1n) is 4.82. The highest BCUT2D eigenvalue weighted by Gasteiger charge is 2.10. The lowest BCUT2D eigenvalue weighted by molar-refractivity contribution is 0.235. The van der Waals surface area contributed by atoms with Crippen molar-refractivity contribution in [3.63, 3.8) is 0 Å². The van der Waals surface area contributed by atoms with Gasteiger partial charge in [-0.3, -0.25) is 4.90 Å². The van der Waals surface area contributed by atoms with E-state index in [1.165, 1.54) is 23.5 Å². The van der Waals surface area contributed by atoms with Gasteiger partial charge in [-0.1, -0.05) is 0 Å². The van der Waals surface area contributed by atoms with Crippen LogP contribution in [0.25, 0.3) is 0 Å². The SMILES string of the molecule is Cc1csc(CN2CCNCC2)c1. The number of piperazine rings is 1. The van der Waals surface area contributed by atoms with Crippen LogP contribution in [-0.4, -0.2) is 31.1 Å². The summed E-state index contributed by atoms with van der Waals surface area (Å²) in [7, 11) is 0.